The van der Waals surface area contributed by atoms with E-state index in [1.165, 1.54) is 12.1 Å². The zero-order valence-electron chi connectivity index (χ0n) is 11.4. The van der Waals surface area contributed by atoms with Gasteiger partial charge in [0.15, 0.2) is 0 Å². The first-order chi connectivity index (χ1) is 9.04. The van der Waals surface area contributed by atoms with Crippen LogP contribution in [-0.2, 0) is 0 Å². The summed E-state index contributed by atoms with van der Waals surface area (Å²) in [6.07, 6.45) is 0. The van der Waals surface area contributed by atoms with Crippen molar-refractivity contribution in [2.45, 2.75) is 19.9 Å². The van der Waals surface area contributed by atoms with Gasteiger partial charge in [0.2, 0.25) is 0 Å². The molecule has 1 unspecified atom stereocenters. The molecule has 3 heteroatoms. The molecule has 0 amide bonds. The normalized spacial score (nSPS) is 12.3. The molecule has 0 radical (unpaired) electrons. The number of halogens is 1. The van der Waals surface area contributed by atoms with Crippen LogP contribution in [0.2, 0.25) is 0 Å². The van der Waals surface area contributed by atoms with Crippen LogP contribution >= 0.6 is 0 Å². The summed E-state index contributed by atoms with van der Waals surface area (Å²) in [6.45, 7) is 4.04. The monoisotopic (exact) mass is 259 g/mol. The summed E-state index contributed by atoms with van der Waals surface area (Å²) in [5, 5.41) is 0. The maximum Gasteiger partial charge on any atom is 0.127 e. The Morgan fingerprint density at radius 1 is 1.05 bits per heavy atom. The zero-order chi connectivity index (χ0) is 14.0. The summed E-state index contributed by atoms with van der Waals surface area (Å²) in [6, 6.07) is 9.91. The van der Waals surface area contributed by atoms with Crippen molar-refractivity contribution in [3.8, 4) is 5.75 Å². The number of benzene rings is 2. The van der Waals surface area contributed by atoms with Crippen molar-refractivity contribution in [1.29, 1.82) is 0 Å². The average molecular weight is 259 g/mol. The summed E-state index contributed by atoms with van der Waals surface area (Å²) in [7, 11) is 1.64. The van der Waals surface area contributed by atoms with Crippen LogP contribution in [0.3, 0.4) is 0 Å². The quantitative estimate of drug-likeness (QED) is 0.915. The molecule has 0 aliphatic rings. The maximum atomic E-state index is 12.9. The van der Waals surface area contributed by atoms with Gasteiger partial charge in [-0.05, 0) is 42.7 Å². The summed E-state index contributed by atoms with van der Waals surface area (Å²) in [5.74, 6) is 0.542. The molecule has 0 saturated carbocycles. The van der Waals surface area contributed by atoms with Crippen LogP contribution in [0.4, 0.5) is 4.39 Å². The van der Waals surface area contributed by atoms with Gasteiger partial charge in [-0.2, -0.15) is 0 Å². The fraction of sp³-hybridized carbons (Fsp3) is 0.250. The molecule has 100 valence electrons. The van der Waals surface area contributed by atoms with Crippen LogP contribution in [0.5, 0.6) is 5.75 Å². The van der Waals surface area contributed by atoms with Crippen molar-refractivity contribution in [1.82, 2.24) is 0 Å². The van der Waals surface area contributed by atoms with E-state index in [0.29, 0.717) is 0 Å². The molecule has 1 atom stereocenters. The molecule has 2 rings (SSSR count). The van der Waals surface area contributed by atoms with Crippen LogP contribution < -0.4 is 10.5 Å². The molecule has 19 heavy (non-hydrogen) atoms. The largest absolute Gasteiger partial charge is 0.496 e. The highest BCUT2D eigenvalue weighted by Gasteiger charge is 2.16. The van der Waals surface area contributed by atoms with Crippen molar-refractivity contribution in [3.05, 3.63) is 64.5 Å². The molecule has 0 fully saturated rings. The van der Waals surface area contributed by atoms with E-state index < -0.39 is 0 Å². The van der Waals surface area contributed by atoms with E-state index in [0.717, 1.165) is 28.0 Å². The van der Waals surface area contributed by atoms with E-state index in [1.54, 1.807) is 19.2 Å². The second-order valence-corrected chi connectivity index (χ2v) is 4.66. The fourth-order valence-electron chi connectivity index (χ4n) is 2.18. The highest BCUT2D eigenvalue weighted by Crippen LogP contribution is 2.32. The SMILES string of the molecule is COc1c(C(N)c2ccc(F)cc2)ccc(C)c1C. The predicted octanol–water partition coefficient (Wildman–Crippen LogP) is 3.50. The van der Waals surface area contributed by atoms with E-state index in [1.807, 2.05) is 26.0 Å². The minimum Gasteiger partial charge on any atom is -0.496 e. The van der Waals surface area contributed by atoms with Gasteiger partial charge in [-0.25, -0.2) is 4.39 Å². The Kier molecular flexibility index (Phi) is 3.86. The molecule has 0 heterocycles. The standard InChI is InChI=1S/C16H18FNO/c1-10-4-9-14(16(19-3)11(10)2)15(18)12-5-7-13(17)8-6-12/h4-9,15H,18H2,1-3H3. The second-order valence-electron chi connectivity index (χ2n) is 4.66. The summed E-state index contributed by atoms with van der Waals surface area (Å²) in [5.41, 5.74) is 10.3. The highest BCUT2D eigenvalue weighted by atomic mass is 19.1. The molecular weight excluding hydrogens is 241 g/mol. The van der Waals surface area contributed by atoms with Crippen molar-refractivity contribution in [2.75, 3.05) is 7.11 Å². The molecule has 0 bridgehead atoms. The van der Waals surface area contributed by atoms with E-state index in [4.69, 9.17) is 10.5 Å². The van der Waals surface area contributed by atoms with Crippen LogP contribution in [-0.4, -0.2) is 7.11 Å². The lowest BCUT2D eigenvalue weighted by Crippen LogP contribution is -2.14. The predicted molar refractivity (Wildman–Crippen MR) is 74.9 cm³/mol. The lowest BCUT2D eigenvalue weighted by molar-refractivity contribution is 0.404. The maximum absolute atomic E-state index is 12.9. The molecule has 2 aromatic rings. The van der Waals surface area contributed by atoms with Gasteiger partial charge < -0.3 is 10.5 Å². The van der Waals surface area contributed by atoms with Crippen molar-refractivity contribution >= 4 is 0 Å². The summed E-state index contributed by atoms with van der Waals surface area (Å²) in [4.78, 5) is 0. The molecule has 0 aromatic heterocycles. The molecule has 2 aromatic carbocycles. The Balaban J connectivity index is 2.46. The van der Waals surface area contributed by atoms with Crippen LogP contribution in [0.1, 0.15) is 28.3 Å². The highest BCUT2D eigenvalue weighted by molar-refractivity contribution is 5.49. The lowest BCUT2D eigenvalue weighted by Gasteiger charge is -2.19. The van der Waals surface area contributed by atoms with Crippen molar-refractivity contribution in [2.24, 2.45) is 5.73 Å². The molecule has 2 N–H and O–H groups in total. The first-order valence-electron chi connectivity index (χ1n) is 6.19. The van der Waals surface area contributed by atoms with E-state index in [2.05, 4.69) is 0 Å². The van der Waals surface area contributed by atoms with E-state index >= 15 is 0 Å². The van der Waals surface area contributed by atoms with E-state index in [9.17, 15) is 4.39 Å². The van der Waals surface area contributed by atoms with E-state index in [-0.39, 0.29) is 11.9 Å². The number of ether oxygens (including phenoxy) is 1. The third-order valence-corrected chi connectivity index (χ3v) is 3.48. The average Bonchev–Trinajstić information content (AvgIpc) is 2.41. The third kappa shape index (κ3) is 2.61. The number of aryl methyl sites for hydroxylation is 1. The third-order valence-electron chi connectivity index (χ3n) is 3.48. The number of methoxy groups -OCH3 is 1. The van der Waals surface area contributed by atoms with Gasteiger partial charge in [-0.1, -0.05) is 24.3 Å². The smallest absolute Gasteiger partial charge is 0.127 e. The van der Waals surface area contributed by atoms with Crippen molar-refractivity contribution < 1.29 is 9.13 Å². The number of hydrogen-bond donors (Lipinski definition) is 1. The van der Waals surface area contributed by atoms with Crippen molar-refractivity contribution in [3.63, 3.8) is 0 Å². The topological polar surface area (TPSA) is 35.2 Å². The number of hydrogen-bond acceptors (Lipinski definition) is 2. The molecule has 0 spiro atoms. The summed E-state index contributed by atoms with van der Waals surface area (Å²) < 4.78 is 18.4. The zero-order valence-corrected chi connectivity index (χ0v) is 11.4. The number of nitrogens with two attached hydrogens (primary N) is 1. The Labute approximate surface area is 113 Å². The first-order valence-corrected chi connectivity index (χ1v) is 6.19. The van der Waals surface area contributed by atoms with Gasteiger partial charge in [-0.3, -0.25) is 0 Å². The molecule has 2 nitrogen and oxygen atoms in total. The van der Waals surface area contributed by atoms with Gasteiger partial charge in [0.05, 0.1) is 13.2 Å². The lowest BCUT2D eigenvalue weighted by atomic mass is 9.95. The molecular formula is C16H18FNO. The Hall–Kier alpha value is -1.87. The van der Waals surface area contributed by atoms with Gasteiger partial charge in [-0.15, -0.1) is 0 Å². The van der Waals surface area contributed by atoms with Gasteiger partial charge in [0.1, 0.15) is 11.6 Å². The fourth-order valence-corrected chi connectivity index (χ4v) is 2.18. The van der Waals surface area contributed by atoms with Gasteiger partial charge >= 0.3 is 0 Å². The van der Waals surface area contributed by atoms with Crippen LogP contribution in [0.15, 0.2) is 36.4 Å². The van der Waals surface area contributed by atoms with Gasteiger partial charge in [0, 0.05) is 5.56 Å². The van der Waals surface area contributed by atoms with Crippen LogP contribution in [0, 0.1) is 19.7 Å². The summed E-state index contributed by atoms with van der Waals surface area (Å²) >= 11 is 0. The minimum absolute atomic E-state index is 0.261. The molecule has 0 aliphatic heterocycles. The molecule has 0 aliphatic carbocycles. The number of rotatable bonds is 3. The first kappa shape index (κ1) is 13.6. The minimum atomic E-state index is -0.324. The second kappa shape index (κ2) is 5.41. The molecule has 0 saturated heterocycles. The van der Waals surface area contributed by atoms with Crippen LogP contribution in [0.25, 0.3) is 0 Å². The Morgan fingerprint density at radius 2 is 1.68 bits per heavy atom. The Morgan fingerprint density at radius 3 is 2.26 bits per heavy atom. The van der Waals surface area contributed by atoms with Gasteiger partial charge in [0.25, 0.3) is 0 Å². The Bertz CT molecular complexity index is 578.